The van der Waals surface area contributed by atoms with Gasteiger partial charge in [0.05, 0.1) is 12.6 Å². The number of hydrogen-bond donors (Lipinski definition) is 4. The lowest BCUT2D eigenvalue weighted by atomic mass is 9.89. The molecule has 1 unspecified atom stereocenters. The van der Waals surface area contributed by atoms with E-state index in [0.29, 0.717) is 4.90 Å². The van der Waals surface area contributed by atoms with E-state index in [1.165, 1.54) is 31.5 Å². The van der Waals surface area contributed by atoms with Gasteiger partial charge in [-0.15, -0.1) is 0 Å². The fraction of sp³-hybridized carbons (Fsp3) is 0.345. The van der Waals surface area contributed by atoms with Crippen molar-refractivity contribution in [1.82, 2.24) is 15.3 Å². The number of carbonyl (C=O) groups excluding carboxylic acids is 3. The molecule has 13 heteroatoms. The molecule has 42 heavy (non-hydrogen) atoms. The SMILES string of the molecule is CC(=O)N[C@H]1[C@H]([C@H](O)[C@H](O)COC(=O)c2ccccn2)OC(CO)(Sc2ccccc2)C[C@@H]1OC(=O)c1ccccn1. The molecule has 0 radical (unpaired) electrons. The van der Waals surface area contributed by atoms with E-state index in [0.717, 1.165) is 11.8 Å². The van der Waals surface area contributed by atoms with Crippen LogP contribution in [-0.2, 0) is 19.0 Å². The molecular weight excluding hydrogens is 566 g/mol. The second-order valence-electron chi connectivity index (χ2n) is 9.53. The first-order valence-corrected chi connectivity index (χ1v) is 13.9. The Labute approximate surface area is 246 Å². The number of hydrogen-bond acceptors (Lipinski definition) is 12. The summed E-state index contributed by atoms with van der Waals surface area (Å²) in [4.78, 5) is 44.8. The highest BCUT2D eigenvalue weighted by Gasteiger charge is 2.53. The molecule has 1 aliphatic heterocycles. The molecule has 6 atom stereocenters. The number of aliphatic hydroxyl groups excluding tert-OH is 3. The van der Waals surface area contributed by atoms with E-state index in [2.05, 4.69) is 15.3 Å². The number of nitrogens with one attached hydrogen (secondary N) is 1. The van der Waals surface area contributed by atoms with Gasteiger partial charge in [-0.1, -0.05) is 42.1 Å². The molecule has 3 heterocycles. The summed E-state index contributed by atoms with van der Waals surface area (Å²) in [6, 6.07) is 17.2. The lowest BCUT2D eigenvalue weighted by molar-refractivity contribution is -0.200. The molecular formula is C29H31N3O9S. The van der Waals surface area contributed by atoms with Crippen LogP contribution in [0.25, 0.3) is 0 Å². The fourth-order valence-electron chi connectivity index (χ4n) is 4.44. The number of nitrogens with zero attached hydrogens (tertiary/aromatic N) is 2. The Morgan fingerprint density at radius 1 is 1.00 bits per heavy atom. The lowest BCUT2D eigenvalue weighted by Crippen LogP contribution is -2.66. The molecule has 3 aromatic rings. The molecule has 0 aliphatic carbocycles. The average molecular weight is 598 g/mol. The largest absolute Gasteiger partial charge is 0.458 e. The maximum atomic E-state index is 13.0. The third-order valence-corrected chi connectivity index (χ3v) is 7.67. The molecule has 2 aromatic heterocycles. The van der Waals surface area contributed by atoms with Gasteiger partial charge in [0.2, 0.25) is 5.91 Å². The molecule has 4 N–H and O–H groups in total. The summed E-state index contributed by atoms with van der Waals surface area (Å²) in [7, 11) is 0. The molecule has 0 spiro atoms. The smallest absolute Gasteiger partial charge is 0.357 e. The fourth-order valence-corrected chi connectivity index (χ4v) is 5.64. The van der Waals surface area contributed by atoms with Crippen LogP contribution in [0.2, 0.25) is 0 Å². The number of benzene rings is 1. The van der Waals surface area contributed by atoms with E-state index in [1.54, 1.807) is 48.5 Å². The van der Waals surface area contributed by atoms with E-state index in [9.17, 15) is 29.7 Å². The summed E-state index contributed by atoms with van der Waals surface area (Å²) >= 11 is 1.13. The monoisotopic (exact) mass is 597 g/mol. The molecule has 1 aromatic carbocycles. The van der Waals surface area contributed by atoms with Crippen molar-refractivity contribution < 1.29 is 43.9 Å². The number of ether oxygens (including phenoxy) is 3. The highest BCUT2D eigenvalue weighted by atomic mass is 32.2. The number of thioether (sulfide) groups is 1. The Hall–Kier alpha value is -3.88. The number of carbonyl (C=O) groups is 3. The topological polar surface area (TPSA) is 177 Å². The van der Waals surface area contributed by atoms with Gasteiger partial charge in [-0.25, -0.2) is 19.6 Å². The van der Waals surface area contributed by atoms with E-state index in [1.807, 2.05) is 6.07 Å². The van der Waals surface area contributed by atoms with Crippen molar-refractivity contribution in [2.75, 3.05) is 13.2 Å². The standard InChI is InChI=1S/C29H31N3O9S/c1-18(34)32-24-23(40-28(38)21-12-6-8-14-31-21)15-29(17-33,42-19-9-3-2-4-10-19)41-26(24)25(36)22(35)16-39-27(37)20-11-5-7-13-30-20/h2-14,22-26,33,35-36H,15-17H2,1H3,(H,32,34)/t22-,23+,24-,25-,26-,29?/m1/s1. The van der Waals surface area contributed by atoms with Gasteiger partial charge in [0.15, 0.2) is 0 Å². The minimum absolute atomic E-state index is 0.00397. The minimum atomic E-state index is -1.77. The zero-order valence-corrected chi connectivity index (χ0v) is 23.4. The van der Waals surface area contributed by atoms with Crippen molar-refractivity contribution in [3.05, 3.63) is 90.5 Å². The van der Waals surface area contributed by atoms with Gasteiger partial charge in [-0.05, 0) is 36.4 Å². The lowest BCUT2D eigenvalue weighted by Gasteiger charge is -2.48. The summed E-state index contributed by atoms with van der Waals surface area (Å²) < 4.78 is 17.2. The number of esters is 2. The molecule has 222 valence electrons. The quantitative estimate of drug-likeness (QED) is 0.234. The third-order valence-electron chi connectivity index (χ3n) is 6.40. The molecule has 1 amide bonds. The van der Waals surface area contributed by atoms with Gasteiger partial charge in [0.25, 0.3) is 0 Å². The molecule has 1 fully saturated rings. The molecule has 1 aliphatic rings. The first kappa shape index (κ1) is 31.1. The first-order chi connectivity index (χ1) is 20.2. The van der Waals surface area contributed by atoms with Crippen LogP contribution in [0.4, 0.5) is 0 Å². The minimum Gasteiger partial charge on any atom is -0.458 e. The summed E-state index contributed by atoms with van der Waals surface area (Å²) in [5.41, 5.74) is 0.0127. The second kappa shape index (κ2) is 14.3. The van der Waals surface area contributed by atoms with E-state index >= 15 is 0 Å². The van der Waals surface area contributed by atoms with Crippen molar-refractivity contribution >= 4 is 29.6 Å². The summed E-state index contributed by atoms with van der Waals surface area (Å²) in [5, 5.41) is 35.4. The van der Waals surface area contributed by atoms with Crippen molar-refractivity contribution in [3.8, 4) is 0 Å². The summed E-state index contributed by atoms with van der Waals surface area (Å²) in [6.07, 6.45) is -3.29. The highest BCUT2D eigenvalue weighted by Crippen LogP contribution is 2.44. The van der Waals surface area contributed by atoms with E-state index in [-0.39, 0.29) is 17.8 Å². The van der Waals surface area contributed by atoms with Gasteiger partial charge in [-0.2, -0.15) is 0 Å². The number of pyridine rings is 2. The number of aromatic nitrogens is 2. The van der Waals surface area contributed by atoms with Crippen LogP contribution < -0.4 is 5.32 Å². The molecule has 0 bridgehead atoms. The Kier molecular flexibility index (Phi) is 10.6. The van der Waals surface area contributed by atoms with Crippen molar-refractivity contribution in [2.45, 2.75) is 53.6 Å². The highest BCUT2D eigenvalue weighted by molar-refractivity contribution is 8.00. The predicted octanol–water partition coefficient (Wildman–Crippen LogP) is 1.36. The molecule has 4 rings (SSSR count). The number of aliphatic hydroxyl groups is 3. The molecule has 1 saturated heterocycles. The van der Waals surface area contributed by atoms with Crippen LogP contribution >= 0.6 is 11.8 Å². The second-order valence-corrected chi connectivity index (χ2v) is 10.9. The van der Waals surface area contributed by atoms with Gasteiger partial charge >= 0.3 is 11.9 Å². The zero-order valence-electron chi connectivity index (χ0n) is 22.6. The van der Waals surface area contributed by atoms with Crippen LogP contribution in [0, 0.1) is 0 Å². The van der Waals surface area contributed by atoms with Crippen LogP contribution in [0.3, 0.4) is 0 Å². The van der Waals surface area contributed by atoms with Crippen molar-refractivity contribution in [3.63, 3.8) is 0 Å². The Bertz CT molecular complexity index is 1340. The van der Waals surface area contributed by atoms with Crippen molar-refractivity contribution in [2.24, 2.45) is 0 Å². The maximum Gasteiger partial charge on any atom is 0.357 e. The number of amides is 1. The van der Waals surface area contributed by atoms with Gasteiger partial charge in [0, 0.05) is 30.6 Å². The van der Waals surface area contributed by atoms with Gasteiger partial charge in [-0.3, -0.25) is 4.79 Å². The van der Waals surface area contributed by atoms with Gasteiger partial charge in [0.1, 0.15) is 47.3 Å². The Morgan fingerprint density at radius 3 is 2.19 bits per heavy atom. The Morgan fingerprint density at radius 2 is 1.62 bits per heavy atom. The maximum absolute atomic E-state index is 13.0. The van der Waals surface area contributed by atoms with Crippen molar-refractivity contribution in [1.29, 1.82) is 0 Å². The van der Waals surface area contributed by atoms with Gasteiger partial charge < -0.3 is 34.8 Å². The first-order valence-electron chi connectivity index (χ1n) is 13.1. The van der Waals surface area contributed by atoms with Crippen LogP contribution in [-0.4, -0.2) is 91.7 Å². The van der Waals surface area contributed by atoms with Crippen LogP contribution in [0.1, 0.15) is 34.3 Å². The Balaban J connectivity index is 1.62. The predicted molar refractivity (Wildman–Crippen MR) is 149 cm³/mol. The zero-order chi connectivity index (χ0) is 30.1. The van der Waals surface area contributed by atoms with Crippen LogP contribution in [0.15, 0.2) is 84.0 Å². The summed E-state index contributed by atoms with van der Waals surface area (Å²) in [6.45, 7) is 0.0172. The van der Waals surface area contributed by atoms with Crippen LogP contribution in [0.5, 0.6) is 0 Å². The normalized spacial score (nSPS) is 23.3. The van der Waals surface area contributed by atoms with E-state index < -0.39 is 66.5 Å². The molecule has 0 saturated carbocycles. The summed E-state index contributed by atoms with van der Waals surface area (Å²) in [5.74, 6) is -2.15. The third kappa shape index (κ3) is 7.89. The number of rotatable bonds is 11. The van der Waals surface area contributed by atoms with E-state index in [4.69, 9.17) is 14.2 Å². The molecule has 12 nitrogen and oxygen atoms in total. The average Bonchev–Trinajstić information content (AvgIpc) is 3.01.